The maximum absolute atomic E-state index is 5.81. The van der Waals surface area contributed by atoms with Crippen molar-refractivity contribution < 1.29 is 4.74 Å². The summed E-state index contributed by atoms with van der Waals surface area (Å²) >= 11 is 0. The molecule has 2 rings (SSSR count). The van der Waals surface area contributed by atoms with Crippen LogP contribution in [0.3, 0.4) is 0 Å². The van der Waals surface area contributed by atoms with E-state index in [0.29, 0.717) is 0 Å². The highest BCUT2D eigenvalue weighted by atomic mass is 16.5. The lowest BCUT2D eigenvalue weighted by molar-refractivity contribution is 0.305. The van der Waals surface area contributed by atoms with Gasteiger partial charge in [-0.05, 0) is 61.4 Å². The molecule has 0 fully saturated rings. The van der Waals surface area contributed by atoms with Crippen LogP contribution in [-0.4, -0.2) is 11.6 Å². The van der Waals surface area contributed by atoms with Gasteiger partial charge in [0.05, 0.1) is 6.61 Å². The highest BCUT2D eigenvalue weighted by molar-refractivity contribution is 5.28. The Morgan fingerprint density at radius 2 is 1.44 bits per heavy atom. The first kappa shape index (κ1) is 19.5. The van der Waals surface area contributed by atoms with E-state index >= 15 is 0 Å². The minimum Gasteiger partial charge on any atom is -0.494 e. The first-order valence-electron chi connectivity index (χ1n) is 9.97. The number of hydrogen-bond acceptors (Lipinski definition) is 2. The Labute approximate surface area is 153 Å². The van der Waals surface area contributed by atoms with E-state index in [1.54, 1.807) is 0 Å². The summed E-state index contributed by atoms with van der Waals surface area (Å²) in [5, 5.41) is 0. The summed E-state index contributed by atoms with van der Waals surface area (Å²) in [4.78, 5) is 4.58. The lowest BCUT2D eigenvalue weighted by Gasteiger charge is -2.07. The van der Waals surface area contributed by atoms with Crippen molar-refractivity contribution in [1.82, 2.24) is 4.98 Å². The van der Waals surface area contributed by atoms with Crippen LogP contribution in [0.1, 0.15) is 69.2 Å². The normalized spacial score (nSPS) is 10.8. The van der Waals surface area contributed by atoms with Gasteiger partial charge in [0.15, 0.2) is 0 Å². The molecule has 0 N–H and O–H groups in total. The molecule has 0 saturated heterocycles. The molecule has 136 valence electrons. The van der Waals surface area contributed by atoms with Crippen molar-refractivity contribution in [2.24, 2.45) is 0 Å². The average Bonchev–Trinajstić information content (AvgIpc) is 2.66. The highest BCUT2D eigenvalue weighted by Gasteiger charge is 2.00. The van der Waals surface area contributed by atoms with Crippen LogP contribution < -0.4 is 4.74 Å². The summed E-state index contributed by atoms with van der Waals surface area (Å²) in [6.45, 7) is 5.28. The van der Waals surface area contributed by atoms with Gasteiger partial charge < -0.3 is 4.74 Å². The fourth-order valence-corrected chi connectivity index (χ4v) is 2.87. The van der Waals surface area contributed by atoms with E-state index in [1.807, 2.05) is 6.20 Å². The van der Waals surface area contributed by atoms with Gasteiger partial charge in [-0.2, -0.15) is 0 Å². The molecule has 0 radical (unpaired) electrons. The van der Waals surface area contributed by atoms with Crippen LogP contribution in [0, 0.1) is 0 Å². The summed E-state index contributed by atoms with van der Waals surface area (Å²) in [5.41, 5.74) is 3.89. The van der Waals surface area contributed by atoms with Gasteiger partial charge in [-0.1, -0.05) is 57.7 Å². The molecule has 0 aliphatic heterocycles. The fraction of sp³-hybridized carbons (Fsp3) is 0.522. The SMILES string of the molecule is CCCCCCOc1ccc(CCc2ccc(CCCC)nc2)cc1. The lowest BCUT2D eigenvalue weighted by Crippen LogP contribution is -1.98. The number of aryl methyl sites for hydroxylation is 3. The molecule has 1 heterocycles. The maximum Gasteiger partial charge on any atom is 0.119 e. The van der Waals surface area contributed by atoms with Crippen LogP contribution >= 0.6 is 0 Å². The molecule has 0 aliphatic carbocycles. The molecule has 0 saturated carbocycles. The molecule has 2 nitrogen and oxygen atoms in total. The number of ether oxygens (including phenoxy) is 1. The molecule has 0 amide bonds. The third-order valence-electron chi connectivity index (χ3n) is 4.56. The smallest absolute Gasteiger partial charge is 0.119 e. The molecule has 0 bridgehead atoms. The van der Waals surface area contributed by atoms with Crippen molar-refractivity contribution in [3.05, 3.63) is 59.4 Å². The Hall–Kier alpha value is -1.83. The number of nitrogens with zero attached hydrogens (tertiary/aromatic N) is 1. The topological polar surface area (TPSA) is 22.1 Å². The predicted octanol–water partition coefficient (Wildman–Crippen LogP) is 6.17. The average molecular weight is 340 g/mol. The Morgan fingerprint density at radius 1 is 0.720 bits per heavy atom. The predicted molar refractivity (Wildman–Crippen MR) is 106 cm³/mol. The van der Waals surface area contributed by atoms with E-state index in [2.05, 4.69) is 55.2 Å². The summed E-state index contributed by atoms with van der Waals surface area (Å²) in [7, 11) is 0. The van der Waals surface area contributed by atoms with Crippen molar-refractivity contribution in [2.75, 3.05) is 6.61 Å². The van der Waals surface area contributed by atoms with Crippen molar-refractivity contribution in [1.29, 1.82) is 0 Å². The second kappa shape index (κ2) is 11.7. The molecule has 2 heteroatoms. The minimum absolute atomic E-state index is 0.829. The van der Waals surface area contributed by atoms with Crippen molar-refractivity contribution in [2.45, 2.75) is 71.6 Å². The van der Waals surface area contributed by atoms with Crippen LogP contribution in [-0.2, 0) is 19.3 Å². The van der Waals surface area contributed by atoms with Gasteiger partial charge >= 0.3 is 0 Å². The number of hydrogen-bond donors (Lipinski definition) is 0. The number of benzene rings is 1. The van der Waals surface area contributed by atoms with Crippen molar-refractivity contribution in [3.63, 3.8) is 0 Å². The monoisotopic (exact) mass is 339 g/mol. The second-order valence-corrected chi connectivity index (χ2v) is 6.81. The van der Waals surface area contributed by atoms with Crippen LogP contribution in [0.5, 0.6) is 5.75 Å². The van der Waals surface area contributed by atoms with Gasteiger partial charge in [0.2, 0.25) is 0 Å². The van der Waals surface area contributed by atoms with Gasteiger partial charge in [0.25, 0.3) is 0 Å². The zero-order valence-corrected chi connectivity index (χ0v) is 16.0. The van der Waals surface area contributed by atoms with Gasteiger partial charge in [0.1, 0.15) is 5.75 Å². The fourth-order valence-electron chi connectivity index (χ4n) is 2.87. The van der Waals surface area contributed by atoms with E-state index in [-0.39, 0.29) is 0 Å². The third kappa shape index (κ3) is 7.72. The molecule has 0 aliphatic rings. The quantitative estimate of drug-likeness (QED) is 0.431. The standard InChI is InChI=1S/C23H33NO/c1-3-5-7-8-18-25-23-16-13-20(14-17-23)10-11-21-12-15-22(24-19-21)9-6-4-2/h12-17,19H,3-11,18H2,1-2H3. The maximum atomic E-state index is 5.81. The van der Waals surface area contributed by atoms with Gasteiger partial charge in [0, 0.05) is 11.9 Å². The summed E-state index contributed by atoms with van der Waals surface area (Å²) in [6, 6.07) is 13.0. The Bertz CT molecular complexity index is 574. The van der Waals surface area contributed by atoms with Gasteiger partial charge in [-0.3, -0.25) is 4.98 Å². The van der Waals surface area contributed by atoms with Gasteiger partial charge in [-0.25, -0.2) is 0 Å². The molecule has 1 aromatic carbocycles. The molecule has 2 aromatic rings. The Kier molecular flexibility index (Phi) is 9.11. The van der Waals surface area contributed by atoms with Crippen LogP contribution in [0.4, 0.5) is 0 Å². The Balaban J connectivity index is 1.71. The summed E-state index contributed by atoms with van der Waals surface area (Å²) in [5.74, 6) is 0.988. The van der Waals surface area contributed by atoms with E-state index < -0.39 is 0 Å². The molecule has 1 aromatic heterocycles. The number of rotatable bonds is 12. The summed E-state index contributed by atoms with van der Waals surface area (Å²) < 4.78 is 5.81. The third-order valence-corrected chi connectivity index (χ3v) is 4.56. The molecule has 25 heavy (non-hydrogen) atoms. The largest absolute Gasteiger partial charge is 0.494 e. The zero-order chi connectivity index (χ0) is 17.7. The first-order valence-corrected chi connectivity index (χ1v) is 9.97. The molecular formula is C23H33NO. The number of aromatic nitrogens is 1. The van der Waals surface area contributed by atoms with E-state index in [1.165, 1.54) is 48.9 Å². The van der Waals surface area contributed by atoms with Crippen LogP contribution in [0.25, 0.3) is 0 Å². The zero-order valence-electron chi connectivity index (χ0n) is 16.0. The Morgan fingerprint density at radius 3 is 2.12 bits per heavy atom. The highest BCUT2D eigenvalue weighted by Crippen LogP contribution is 2.15. The second-order valence-electron chi connectivity index (χ2n) is 6.81. The molecule has 0 atom stereocenters. The summed E-state index contributed by atoms with van der Waals surface area (Å²) in [6.07, 6.45) is 12.7. The van der Waals surface area contributed by atoms with Crippen molar-refractivity contribution in [3.8, 4) is 5.75 Å². The van der Waals surface area contributed by atoms with E-state index in [4.69, 9.17) is 4.74 Å². The first-order chi connectivity index (χ1) is 12.3. The molecular weight excluding hydrogens is 306 g/mol. The van der Waals surface area contributed by atoms with Crippen LogP contribution in [0.15, 0.2) is 42.6 Å². The van der Waals surface area contributed by atoms with E-state index in [9.17, 15) is 0 Å². The van der Waals surface area contributed by atoms with E-state index in [0.717, 1.165) is 38.0 Å². The van der Waals surface area contributed by atoms with Crippen molar-refractivity contribution >= 4 is 0 Å². The minimum atomic E-state index is 0.829. The molecule has 0 spiro atoms. The van der Waals surface area contributed by atoms with Gasteiger partial charge in [-0.15, -0.1) is 0 Å². The molecule has 0 unspecified atom stereocenters. The number of pyridine rings is 1. The lowest BCUT2D eigenvalue weighted by atomic mass is 10.0. The number of unbranched alkanes of at least 4 members (excludes halogenated alkanes) is 4. The van der Waals surface area contributed by atoms with Crippen LogP contribution in [0.2, 0.25) is 0 Å².